The Balaban J connectivity index is 1.43. The van der Waals surface area contributed by atoms with Crippen LogP contribution in [0.25, 0.3) is 0 Å². The molecule has 1 saturated carbocycles. The van der Waals surface area contributed by atoms with Gasteiger partial charge < -0.3 is 14.3 Å². The number of pyridine rings is 1. The molecule has 1 aromatic carbocycles. The fourth-order valence-corrected chi connectivity index (χ4v) is 5.49. The molecule has 1 N–H and O–H groups in total. The first-order chi connectivity index (χ1) is 15.0. The summed E-state index contributed by atoms with van der Waals surface area (Å²) in [5.41, 5.74) is 0.211. The Labute approximate surface area is 185 Å². The van der Waals surface area contributed by atoms with Crippen LogP contribution in [0.5, 0.6) is 0 Å². The number of hydrogen-bond donors (Lipinski definition) is 1. The number of esters is 1. The predicted octanol–water partition coefficient (Wildman–Crippen LogP) is 3.85. The molecule has 1 saturated heterocycles. The SMILES string of the molecule is C[N+]1(CCc2ccccn2)CCCC1COC(=O)[C@](O)(c1ccccc1)C1CCCC1. The molecular weight excluding hydrogens is 388 g/mol. The molecule has 4 rings (SSSR count). The molecule has 2 heterocycles. The van der Waals surface area contributed by atoms with Crippen LogP contribution in [-0.2, 0) is 21.6 Å². The van der Waals surface area contributed by atoms with E-state index in [4.69, 9.17) is 4.74 Å². The van der Waals surface area contributed by atoms with Crippen molar-refractivity contribution in [1.82, 2.24) is 4.98 Å². The number of ether oxygens (including phenoxy) is 1. The Kier molecular flexibility index (Phi) is 6.73. The average molecular weight is 424 g/mol. The first-order valence-electron chi connectivity index (χ1n) is 11.7. The lowest BCUT2D eigenvalue weighted by Crippen LogP contribution is -2.52. The maximum atomic E-state index is 13.3. The van der Waals surface area contributed by atoms with Gasteiger partial charge in [-0.05, 0) is 30.5 Å². The molecule has 31 heavy (non-hydrogen) atoms. The number of benzene rings is 1. The Bertz CT molecular complexity index is 853. The van der Waals surface area contributed by atoms with E-state index in [0.717, 1.165) is 68.2 Å². The Morgan fingerprint density at radius 2 is 1.84 bits per heavy atom. The lowest BCUT2D eigenvalue weighted by atomic mass is 9.80. The number of aliphatic hydroxyl groups is 1. The van der Waals surface area contributed by atoms with Crippen LogP contribution < -0.4 is 0 Å². The van der Waals surface area contributed by atoms with E-state index in [9.17, 15) is 9.90 Å². The van der Waals surface area contributed by atoms with Gasteiger partial charge in [-0.2, -0.15) is 0 Å². The molecule has 166 valence electrons. The quantitative estimate of drug-likeness (QED) is 0.517. The molecule has 1 aromatic heterocycles. The summed E-state index contributed by atoms with van der Waals surface area (Å²) in [7, 11) is 2.26. The van der Waals surface area contributed by atoms with Gasteiger partial charge in [0.2, 0.25) is 0 Å². The zero-order valence-electron chi connectivity index (χ0n) is 18.6. The number of rotatable bonds is 8. The van der Waals surface area contributed by atoms with Crippen LogP contribution in [0.4, 0.5) is 0 Å². The van der Waals surface area contributed by atoms with Crippen molar-refractivity contribution in [1.29, 1.82) is 0 Å². The summed E-state index contributed by atoms with van der Waals surface area (Å²) in [6.07, 6.45) is 8.76. The minimum absolute atomic E-state index is 0.0731. The van der Waals surface area contributed by atoms with Crippen molar-refractivity contribution in [2.75, 3.05) is 26.7 Å². The highest BCUT2D eigenvalue weighted by atomic mass is 16.6. The molecule has 0 amide bonds. The predicted molar refractivity (Wildman–Crippen MR) is 120 cm³/mol. The summed E-state index contributed by atoms with van der Waals surface area (Å²) in [5, 5.41) is 11.6. The lowest BCUT2D eigenvalue weighted by molar-refractivity contribution is -0.921. The van der Waals surface area contributed by atoms with Crippen molar-refractivity contribution in [3.8, 4) is 0 Å². The largest absolute Gasteiger partial charge is 0.457 e. The fraction of sp³-hybridized carbons (Fsp3) is 0.538. The van der Waals surface area contributed by atoms with Gasteiger partial charge in [0.05, 0.1) is 20.1 Å². The van der Waals surface area contributed by atoms with Gasteiger partial charge in [-0.3, -0.25) is 4.98 Å². The van der Waals surface area contributed by atoms with E-state index in [-0.39, 0.29) is 12.0 Å². The Morgan fingerprint density at radius 1 is 1.10 bits per heavy atom. The molecule has 0 bridgehead atoms. The number of likely N-dealkylation sites (N-methyl/N-ethyl adjacent to an activating group) is 1. The Morgan fingerprint density at radius 3 is 2.55 bits per heavy atom. The molecule has 3 atom stereocenters. The molecule has 1 aliphatic carbocycles. The third kappa shape index (κ3) is 4.68. The third-order valence-corrected chi connectivity index (χ3v) is 7.57. The first-order valence-corrected chi connectivity index (χ1v) is 11.7. The van der Waals surface area contributed by atoms with Crippen molar-refractivity contribution < 1.29 is 19.1 Å². The summed E-state index contributed by atoms with van der Waals surface area (Å²) < 4.78 is 6.77. The maximum absolute atomic E-state index is 13.3. The van der Waals surface area contributed by atoms with Crippen LogP contribution >= 0.6 is 0 Å². The van der Waals surface area contributed by atoms with Crippen molar-refractivity contribution in [3.63, 3.8) is 0 Å². The van der Waals surface area contributed by atoms with E-state index in [1.165, 1.54) is 0 Å². The maximum Gasteiger partial charge on any atom is 0.343 e. The van der Waals surface area contributed by atoms with Crippen molar-refractivity contribution in [2.45, 2.75) is 56.6 Å². The highest BCUT2D eigenvalue weighted by Gasteiger charge is 2.48. The zero-order chi connectivity index (χ0) is 21.7. The van der Waals surface area contributed by atoms with Crippen molar-refractivity contribution >= 4 is 5.97 Å². The topological polar surface area (TPSA) is 59.4 Å². The van der Waals surface area contributed by atoms with Gasteiger partial charge in [0.15, 0.2) is 5.60 Å². The number of nitrogens with zero attached hydrogens (tertiary/aromatic N) is 2. The fourth-order valence-electron chi connectivity index (χ4n) is 5.49. The van der Waals surface area contributed by atoms with E-state index in [1.54, 1.807) is 0 Å². The summed E-state index contributed by atoms with van der Waals surface area (Å²) >= 11 is 0. The van der Waals surface area contributed by atoms with Crippen LogP contribution in [0.3, 0.4) is 0 Å². The van der Waals surface area contributed by atoms with Gasteiger partial charge >= 0.3 is 5.97 Å². The molecule has 2 fully saturated rings. The minimum Gasteiger partial charge on any atom is -0.457 e. The average Bonchev–Trinajstić information content (AvgIpc) is 3.48. The molecule has 0 spiro atoms. The van der Waals surface area contributed by atoms with Gasteiger partial charge in [0, 0.05) is 37.1 Å². The van der Waals surface area contributed by atoms with E-state index < -0.39 is 11.6 Å². The van der Waals surface area contributed by atoms with Gasteiger partial charge in [0.1, 0.15) is 12.6 Å². The number of quaternary nitrogens is 1. The number of carbonyl (C=O) groups is 1. The number of carbonyl (C=O) groups excluding carboxylic acids is 1. The lowest BCUT2D eigenvalue weighted by Gasteiger charge is -2.37. The second-order valence-corrected chi connectivity index (χ2v) is 9.51. The molecule has 5 heteroatoms. The monoisotopic (exact) mass is 423 g/mol. The van der Waals surface area contributed by atoms with Gasteiger partial charge in [-0.15, -0.1) is 0 Å². The summed E-state index contributed by atoms with van der Waals surface area (Å²) in [4.78, 5) is 17.8. The van der Waals surface area contributed by atoms with E-state index in [1.807, 2.05) is 48.7 Å². The summed E-state index contributed by atoms with van der Waals surface area (Å²) in [6.45, 7) is 2.42. The van der Waals surface area contributed by atoms with Crippen LogP contribution in [0.1, 0.15) is 49.8 Å². The number of likely N-dealkylation sites (tertiary alicyclic amines) is 1. The molecule has 2 unspecified atom stereocenters. The van der Waals surface area contributed by atoms with Gasteiger partial charge in [0.25, 0.3) is 0 Å². The highest BCUT2D eigenvalue weighted by Crippen LogP contribution is 2.41. The van der Waals surface area contributed by atoms with E-state index >= 15 is 0 Å². The molecule has 5 nitrogen and oxygen atoms in total. The Hall–Kier alpha value is -2.24. The van der Waals surface area contributed by atoms with Crippen LogP contribution in [0, 0.1) is 5.92 Å². The highest BCUT2D eigenvalue weighted by molar-refractivity contribution is 5.81. The second-order valence-electron chi connectivity index (χ2n) is 9.51. The summed E-state index contributed by atoms with van der Waals surface area (Å²) in [6, 6.07) is 15.7. The zero-order valence-corrected chi connectivity index (χ0v) is 18.6. The third-order valence-electron chi connectivity index (χ3n) is 7.57. The van der Waals surface area contributed by atoms with Gasteiger partial charge in [-0.1, -0.05) is 49.2 Å². The van der Waals surface area contributed by atoms with Crippen molar-refractivity contribution in [2.24, 2.45) is 5.92 Å². The second kappa shape index (κ2) is 9.49. The van der Waals surface area contributed by atoms with Crippen LogP contribution in [0.15, 0.2) is 54.7 Å². The van der Waals surface area contributed by atoms with Crippen molar-refractivity contribution in [3.05, 3.63) is 66.0 Å². The summed E-state index contributed by atoms with van der Waals surface area (Å²) in [5.74, 6) is -0.551. The molecule has 2 aliphatic rings. The minimum atomic E-state index is -1.55. The van der Waals surface area contributed by atoms with E-state index in [2.05, 4.69) is 18.1 Å². The van der Waals surface area contributed by atoms with E-state index in [0.29, 0.717) is 12.2 Å². The normalized spacial score (nSPS) is 25.9. The van der Waals surface area contributed by atoms with Gasteiger partial charge in [-0.25, -0.2) is 4.79 Å². The van der Waals surface area contributed by atoms with Crippen LogP contribution in [0.2, 0.25) is 0 Å². The standard InChI is InChI=1S/C26H35N2O3/c1-28(19-16-23-14-7-8-17-27-23)18-9-15-24(28)20-31-25(29)26(30,22-12-5-6-13-22)21-10-3-2-4-11-21/h2-4,7-8,10-11,14,17,22,24,30H,5-6,9,12-13,15-16,18-20H2,1H3/q+1/t24?,26-,28?/m0/s1. The number of hydrogen-bond acceptors (Lipinski definition) is 4. The first kappa shape index (κ1) is 22.0. The number of aromatic nitrogens is 1. The molecular formula is C26H35N2O3+. The molecule has 1 aliphatic heterocycles. The molecule has 2 aromatic rings. The molecule has 0 radical (unpaired) electrons. The smallest absolute Gasteiger partial charge is 0.343 e. The van der Waals surface area contributed by atoms with Crippen LogP contribution in [-0.4, -0.2) is 53.3 Å².